The molecule has 6 nitrogen and oxygen atoms in total. The maximum atomic E-state index is 12.1. The van der Waals surface area contributed by atoms with Gasteiger partial charge in [0.25, 0.3) is 0 Å². The minimum absolute atomic E-state index is 0.0907. The largest absolute Gasteiger partial charge is 0.351 e. The molecule has 1 aromatic heterocycles. The van der Waals surface area contributed by atoms with E-state index >= 15 is 0 Å². The fourth-order valence-electron chi connectivity index (χ4n) is 2.77. The van der Waals surface area contributed by atoms with Gasteiger partial charge in [-0.15, -0.1) is 11.8 Å². The Kier molecular flexibility index (Phi) is 7.47. The molecule has 1 heterocycles. The van der Waals surface area contributed by atoms with Crippen LogP contribution in [0.4, 0.5) is 5.69 Å². The second kappa shape index (κ2) is 10.5. The minimum atomic E-state index is -0.115. The third kappa shape index (κ3) is 6.80. The zero-order valence-electron chi connectivity index (χ0n) is 16.3. The predicted octanol–water partition coefficient (Wildman–Crippen LogP) is 3.23. The van der Waals surface area contributed by atoms with Crippen LogP contribution in [0.25, 0.3) is 0 Å². The first-order valence-electron chi connectivity index (χ1n) is 9.35. The lowest BCUT2D eigenvalue weighted by Crippen LogP contribution is -2.26. The molecule has 0 bridgehead atoms. The van der Waals surface area contributed by atoms with E-state index in [0.29, 0.717) is 13.1 Å². The SMILES string of the molecule is Cc1ccc(NC(=O)CSCC(=O)NCc2ccccc2Cn2cccn2)cc1. The predicted molar refractivity (Wildman–Crippen MR) is 117 cm³/mol. The summed E-state index contributed by atoms with van der Waals surface area (Å²) in [5, 5.41) is 9.98. The van der Waals surface area contributed by atoms with Crippen LogP contribution in [0.3, 0.4) is 0 Å². The summed E-state index contributed by atoms with van der Waals surface area (Å²) in [7, 11) is 0. The first kappa shape index (κ1) is 20.7. The van der Waals surface area contributed by atoms with Crippen LogP contribution in [-0.2, 0) is 22.7 Å². The number of nitrogens with one attached hydrogen (secondary N) is 2. The normalized spacial score (nSPS) is 10.5. The molecule has 2 amide bonds. The van der Waals surface area contributed by atoms with Gasteiger partial charge in [-0.05, 0) is 36.2 Å². The average molecular weight is 409 g/mol. The third-order valence-corrected chi connectivity index (χ3v) is 5.22. The van der Waals surface area contributed by atoms with E-state index < -0.39 is 0 Å². The summed E-state index contributed by atoms with van der Waals surface area (Å²) in [6.07, 6.45) is 3.66. The van der Waals surface area contributed by atoms with E-state index in [1.807, 2.05) is 72.4 Å². The van der Waals surface area contributed by atoms with Crippen molar-refractivity contribution in [2.45, 2.75) is 20.0 Å². The lowest BCUT2D eigenvalue weighted by molar-refractivity contribution is -0.118. The quantitative estimate of drug-likeness (QED) is 0.570. The van der Waals surface area contributed by atoms with Crippen LogP contribution in [-0.4, -0.2) is 33.1 Å². The number of amides is 2. The van der Waals surface area contributed by atoms with Crippen molar-refractivity contribution in [2.24, 2.45) is 0 Å². The van der Waals surface area contributed by atoms with Crippen molar-refractivity contribution in [2.75, 3.05) is 16.8 Å². The van der Waals surface area contributed by atoms with Crippen LogP contribution in [0, 0.1) is 6.92 Å². The summed E-state index contributed by atoms with van der Waals surface area (Å²) in [6, 6.07) is 17.5. The van der Waals surface area contributed by atoms with Crippen LogP contribution in [0.15, 0.2) is 67.0 Å². The number of carbonyl (C=O) groups excluding carboxylic acids is 2. The average Bonchev–Trinajstić information content (AvgIpc) is 3.22. The number of aryl methyl sites for hydroxylation is 1. The number of carbonyl (C=O) groups is 2. The lowest BCUT2D eigenvalue weighted by Gasteiger charge is -2.11. The second-order valence-electron chi connectivity index (χ2n) is 6.66. The Bertz CT molecular complexity index is 940. The van der Waals surface area contributed by atoms with Gasteiger partial charge in [0.2, 0.25) is 11.8 Å². The number of rotatable bonds is 9. The standard InChI is InChI=1S/C22H24N4O2S/c1-17-7-9-20(10-8-17)25-22(28)16-29-15-21(27)23-13-18-5-2-3-6-19(18)14-26-12-4-11-24-26/h2-12H,13-16H2,1H3,(H,23,27)(H,25,28). The van der Waals surface area contributed by atoms with E-state index in [2.05, 4.69) is 15.7 Å². The molecule has 3 rings (SSSR count). The van der Waals surface area contributed by atoms with Crippen molar-refractivity contribution in [1.29, 1.82) is 0 Å². The number of aromatic nitrogens is 2. The Hall–Kier alpha value is -3.06. The topological polar surface area (TPSA) is 76.0 Å². The monoisotopic (exact) mass is 408 g/mol. The van der Waals surface area contributed by atoms with Gasteiger partial charge in [0.15, 0.2) is 0 Å². The van der Waals surface area contributed by atoms with Crippen molar-refractivity contribution in [3.05, 3.63) is 83.7 Å². The number of benzene rings is 2. The molecular weight excluding hydrogens is 384 g/mol. The highest BCUT2D eigenvalue weighted by Gasteiger charge is 2.08. The van der Waals surface area contributed by atoms with Crippen LogP contribution >= 0.6 is 11.8 Å². The van der Waals surface area contributed by atoms with E-state index in [4.69, 9.17) is 0 Å². The fraction of sp³-hybridized carbons (Fsp3) is 0.227. The molecule has 0 saturated heterocycles. The smallest absolute Gasteiger partial charge is 0.234 e. The first-order chi connectivity index (χ1) is 14.1. The second-order valence-corrected chi connectivity index (χ2v) is 7.64. The van der Waals surface area contributed by atoms with E-state index in [1.54, 1.807) is 6.20 Å². The molecule has 3 aromatic rings. The molecule has 2 aromatic carbocycles. The molecule has 0 fully saturated rings. The molecule has 0 aliphatic rings. The number of hydrogen-bond acceptors (Lipinski definition) is 4. The van der Waals surface area contributed by atoms with E-state index in [0.717, 1.165) is 22.4 Å². The lowest BCUT2D eigenvalue weighted by atomic mass is 10.1. The van der Waals surface area contributed by atoms with Gasteiger partial charge in [-0.1, -0.05) is 42.0 Å². The molecule has 0 aliphatic carbocycles. The van der Waals surface area contributed by atoms with Gasteiger partial charge in [0, 0.05) is 24.6 Å². The number of anilines is 1. The molecule has 2 N–H and O–H groups in total. The number of nitrogens with zero attached hydrogens (tertiary/aromatic N) is 2. The molecule has 150 valence electrons. The Balaban J connectivity index is 1.40. The molecule has 0 atom stereocenters. The van der Waals surface area contributed by atoms with Crippen LogP contribution in [0.1, 0.15) is 16.7 Å². The molecule has 0 saturated carbocycles. The van der Waals surface area contributed by atoms with E-state index in [9.17, 15) is 9.59 Å². The number of hydrogen-bond donors (Lipinski definition) is 2. The van der Waals surface area contributed by atoms with E-state index in [-0.39, 0.29) is 23.3 Å². The molecule has 0 aliphatic heterocycles. The fourth-order valence-corrected chi connectivity index (χ4v) is 3.42. The highest BCUT2D eigenvalue weighted by molar-refractivity contribution is 8.00. The van der Waals surface area contributed by atoms with Gasteiger partial charge in [0.05, 0.1) is 18.1 Å². The van der Waals surface area contributed by atoms with Gasteiger partial charge >= 0.3 is 0 Å². The summed E-state index contributed by atoms with van der Waals surface area (Å²) in [6.45, 7) is 3.11. The highest BCUT2D eigenvalue weighted by Crippen LogP contribution is 2.11. The highest BCUT2D eigenvalue weighted by atomic mass is 32.2. The van der Waals surface area contributed by atoms with Crippen molar-refractivity contribution in [1.82, 2.24) is 15.1 Å². The molecular formula is C22H24N4O2S. The molecule has 0 spiro atoms. The molecule has 0 unspecified atom stereocenters. The summed E-state index contributed by atoms with van der Waals surface area (Å²) >= 11 is 1.30. The Morgan fingerprint density at radius 3 is 2.41 bits per heavy atom. The van der Waals surface area contributed by atoms with Crippen LogP contribution in [0.2, 0.25) is 0 Å². The minimum Gasteiger partial charge on any atom is -0.351 e. The van der Waals surface area contributed by atoms with Gasteiger partial charge in [0.1, 0.15) is 0 Å². The van der Waals surface area contributed by atoms with Crippen molar-refractivity contribution in [3.8, 4) is 0 Å². The summed E-state index contributed by atoms with van der Waals surface area (Å²) < 4.78 is 1.85. The molecule has 29 heavy (non-hydrogen) atoms. The first-order valence-corrected chi connectivity index (χ1v) is 10.5. The Morgan fingerprint density at radius 2 is 1.69 bits per heavy atom. The van der Waals surface area contributed by atoms with Gasteiger partial charge in [-0.2, -0.15) is 5.10 Å². The molecule has 7 heteroatoms. The Morgan fingerprint density at radius 1 is 0.966 bits per heavy atom. The van der Waals surface area contributed by atoms with Crippen molar-refractivity contribution >= 4 is 29.3 Å². The van der Waals surface area contributed by atoms with Crippen LogP contribution in [0.5, 0.6) is 0 Å². The summed E-state index contributed by atoms with van der Waals surface area (Å²) in [4.78, 5) is 24.1. The van der Waals surface area contributed by atoms with Gasteiger partial charge < -0.3 is 10.6 Å². The van der Waals surface area contributed by atoms with Crippen LogP contribution < -0.4 is 10.6 Å². The van der Waals surface area contributed by atoms with Gasteiger partial charge in [-0.3, -0.25) is 14.3 Å². The summed E-state index contributed by atoms with van der Waals surface area (Å²) in [5.74, 6) is 0.267. The summed E-state index contributed by atoms with van der Waals surface area (Å²) in [5.41, 5.74) is 4.07. The molecule has 0 radical (unpaired) electrons. The number of thioether (sulfide) groups is 1. The maximum absolute atomic E-state index is 12.1. The Labute approximate surface area is 174 Å². The third-order valence-electron chi connectivity index (χ3n) is 4.29. The van der Waals surface area contributed by atoms with E-state index in [1.165, 1.54) is 11.8 Å². The van der Waals surface area contributed by atoms with Gasteiger partial charge in [-0.25, -0.2) is 0 Å². The zero-order valence-corrected chi connectivity index (χ0v) is 17.1. The van der Waals surface area contributed by atoms with Crippen molar-refractivity contribution < 1.29 is 9.59 Å². The van der Waals surface area contributed by atoms with Crippen molar-refractivity contribution in [3.63, 3.8) is 0 Å². The maximum Gasteiger partial charge on any atom is 0.234 e. The zero-order chi connectivity index (χ0) is 20.5.